The first-order chi connectivity index (χ1) is 8.47. The third-order valence-corrected chi connectivity index (χ3v) is 2.77. The van der Waals surface area contributed by atoms with E-state index in [1.165, 1.54) is 6.20 Å². The van der Waals surface area contributed by atoms with E-state index in [1.807, 2.05) is 0 Å². The maximum absolute atomic E-state index is 9.37. The lowest BCUT2D eigenvalue weighted by atomic mass is 10.3. The first kappa shape index (κ1) is 13.1. The summed E-state index contributed by atoms with van der Waals surface area (Å²) in [5.41, 5.74) is 0.952. The molecule has 2 aromatic heterocycles. The fourth-order valence-electron chi connectivity index (χ4n) is 1.34. The fraction of sp³-hybridized carbons (Fsp3) is 0.300. The molecule has 96 valence electrons. The molecule has 0 aliphatic carbocycles. The van der Waals surface area contributed by atoms with E-state index in [2.05, 4.69) is 25.3 Å². The number of imidazole rings is 1. The number of rotatable bonds is 3. The molecule has 2 aromatic rings. The van der Waals surface area contributed by atoms with Crippen LogP contribution in [0.2, 0.25) is 10.3 Å². The lowest BCUT2D eigenvalue weighted by molar-refractivity contribution is 0.195. The second-order valence-electron chi connectivity index (χ2n) is 3.72. The van der Waals surface area contributed by atoms with Crippen LogP contribution in [0.5, 0.6) is 0 Å². The Morgan fingerprint density at radius 3 is 2.44 bits per heavy atom. The molecule has 0 aromatic carbocycles. The first-order valence-electron chi connectivity index (χ1n) is 5.17. The molecule has 1 unspecified atom stereocenters. The van der Waals surface area contributed by atoms with Gasteiger partial charge in [0, 0.05) is 0 Å². The molecule has 18 heavy (non-hydrogen) atoms. The van der Waals surface area contributed by atoms with E-state index in [9.17, 15) is 5.11 Å². The molecule has 0 radical (unpaired) electrons. The van der Waals surface area contributed by atoms with E-state index in [1.54, 1.807) is 13.8 Å². The van der Waals surface area contributed by atoms with Crippen molar-refractivity contribution < 1.29 is 5.11 Å². The fourth-order valence-corrected chi connectivity index (χ4v) is 1.91. The first-order valence-corrected chi connectivity index (χ1v) is 5.92. The van der Waals surface area contributed by atoms with Crippen molar-refractivity contribution in [3.8, 4) is 0 Å². The van der Waals surface area contributed by atoms with Gasteiger partial charge >= 0.3 is 0 Å². The van der Waals surface area contributed by atoms with Crippen LogP contribution in [0, 0.1) is 6.92 Å². The summed E-state index contributed by atoms with van der Waals surface area (Å²) in [4.78, 5) is 14.9. The van der Waals surface area contributed by atoms with Crippen LogP contribution in [-0.4, -0.2) is 25.0 Å². The predicted molar refractivity (Wildman–Crippen MR) is 69.3 cm³/mol. The van der Waals surface area contributed by atoms with Crippen LogP contribution >= 0.6 is 23.2 Å². The molecule has 0 amide bonds. The van der Waals surface area contributed by atoms with Gasteiger partial charge in [0.05, 0.1) is 18.0 Å². The number of hydrogen-bond acceptors (Lipinski definition) is 5. The Morgan fingerprint density at radius 1 is 1.33 bits per heavy atom. The van der Waals surface area contributed by atoms with Crippen LogP contribution in [0.3, 0.4) is 0 Å². The minimum Gasteiger partial charge on any atom is -0.387 e. The number of aliphatic hydroxyl groups is 1. The molecule has 0 aliphatic heterocycles. The van der Waals surface area contributed by atoms with Gasteiger partial charge in [-0.2, -0.15) is 0 Å². The number of anilines is 2. The van der Waals surface area contributed by atoms with Crippen LogP contribution in [0.1, 0.15) is 24.5 Å². The van der Waals surface area contributed by atoms with Gasteiger partial charge in [-0.1, -0.05) is 23.2 Å². The van der Waals surface area contributed by atoms with Crippen LogP contribution in [0.4, 0.5) is 11.6 Å². The molecule has 0 aliphatic rings. The van der Waals surface area contributed by atoms with Crippen molar-refractivity contribution in [3.63, 3.8) is 0 Å². The summed E-state index contributed by atoms with van der Waals surface area (Å²) in [5.74, 6) is 0.891. The molecular weight excluding hydrogens is 277 g/mol. The number of aromatic nitrogens is 4. The molecule has 0 saturated carbocycles. The molecule has 0 bridgehead atoms. The van der Waals surface area contributed by atoms with Crippen molar-refractivity contribution in [2.75, 3.05) is 5.32 Å². The van der Waals surface area contributed by atoms with Gasteiger partial charge in [-0.25, -0.2) is 15.0 Å². The molecule has 6 nitrogen and oxygen atoms in total. The minimum absolute atomic E-state index is 0.211. The Kier molecular flexibility index (Phi) is 3.70. The van der Waals surface area contributed by atoms with Gasteiger partial charge in [0.15, 0.2) is 10.3 Å². The number of hydrogen-bond donors (Lipinski definition) is 3. The van der Waals surface area contributed by atoms with Crippen molar-refractivity contribution in [2.45, 2.75) is 20.0 Å². The molecule has 0 fully saturated rings. The Hall–Kier alpha value is -1.37. The van der Waals surface area contributed by atoms with Gasteiger partial charge in [0.25, 0.3) is 0 Å². The highest BCUT2D eigenvalue weighted by Gasteiger charge is 2.12. The summed E-state index contributed by atoms with van der Waals surface area (Å²) in [5, 5.41) is 12.7. The maximum Gasteiger partial charge on any atom is 0.205 e. The van der Waals surface area contributed by atoms with Crippen molar-refractivity contribution in [1.29, 1.82) is 0 Å². The van der Waals surface area contributed by atoms with Crippen LogP contribution in [0.15, 0.2) is 6.20 Å². The predicted octanol–water partition coefficient (Wildman–Crippen LogP) is 2.61. The maximum atomic E-state index is 9.37. The van der Waals surface area contributed by atoms with Crippen LogP contribution < -0.4 is 5.32 Å². The largest absolute Gasteiger partial charge is 0.387 e. The second-order valence-corrected chi connectivity index (χ2v) is 4.43. The second kappa shape index (κ2) is 5.09. The van der Waals surface area contributed by atoms with Crippen molar-refractivity contribution >= 4 is 34.8 Å². The summed E-state index contributed by atoms with van der Waals surface area (Å²) < 4.78 is 0. The van der Waals surface area contributed by atoms with Gasteiger partial charge in [0.2, 0.25) is 5.95 Å². The quantitative estimate of drug-likeness (QED) is 0.756. The third kappa shape index (κ3) is 2.72. The van der Waals surface area contributed by atoms with Crippen molar-refractivity contribution in [1.82, 2.24) is 19.9 Å². The average Bonchev–Trinajstić information content (AvgIpc) is 2.71. The van der Waals surface area contributed by atoms with E-state index < -0.39 is 6.10 Å². The number of halogens is 2. The molecular formula is C10H11Cl2N5O. The molecule has 0 saturated heterocycles. The van der Waals surface area contributed by atoms with Crippen LogP contribution in [0.25, 0.3) is 0 Å². The summed E-state index contributed by atoms with van der Waals surface area (Å²) in [6.45, 7) is 3.33. The van der Waals surface area contributed by atoms with E-state index in [0.717, 1.165) is 0 Å². The van der Waals surface area contributed by atoms with Crippen molar-refractivity contribution in [2.24, 2.45) is 0 Å². The standard InChI is InChI=1S/C10H11Cl2N5O/c1-4(18)6-3-13-10(16-6)17-7-8(11)14-5(2)15-9(7)12/h3-4,18H,1-2H3,(H2,13,16,17). The van der Waals surface area contributed by atoms with E-state index in [0.29, 0.717) is 23.2 Å². The van der Waals surface area contributed by atoms with E-state index in [-0.39, 0.29) is 10.3 Å². The number of nitrogens with zero attached hydrogens (tertiary/aromatic N) is 3. The van der Waals surface area contributed by atoms with Gasteiger partial charge < -0.3 is 15.4 Å². The molecule has 2 rings (SSSR count). The molecule has 8 heteroatoms. The normalized spacial score (nSPS) is 12.5. The number of aryl methyl sites for hydroxylation is 1. The minimum atomic E-state index is -0.631. The Balaban J connectivity index is 2.28. The summed E-state index contributed by atoms with van der Waals surface area (Å²) >= 11 is 11.9. The SMILES string of the molecule is Cc1nc(Cl)c(Nc2ncc(C(C)O)[nH]2)c(Cl)n1. The lowest BCUT2D eigenvalue weighted by Gasteiger charge is -2.07. The Labute approximate surface area is 113 Å². The monoisotopic (exact) mass is 287 g/mol. The van der Waals surface area contributed by atoms with Gasteiger partial charge in [0.1, 0.15) is 11.5 Å². The number of aliphatic hydroxyl groups excluding tert-OH is 1. The molecule has 0 spiro atoms. The highest BCUT2D eigenvalue weighted by atomic mass is 35.5. The van der Waals surface area contributed by atoms with Crippen molar-refractivity contribution in [3.05, 3.63) is 28.0 Å². The zero-order valence-corrected chi connectivity index (χ0v) is 11.2. The Morgan fingerprint density at radius 2 is 1.94 bits per heavy atom. The summed E-state index contributed by atoms with van der Waals surface area (Å²) in [6, 6.07) is 0. The zero-order valence-electron chi connectivity index (χ0n) is 9.70. The van der Waals surface area contributed by atoms with E-state index >= 15 is 0 Å². The topological polar surface area (TPSA) is 86.7 Å². The molecule has 1 atom stereocenters. The summed E-state index contributed by atoms with van der Waals surface area (Å²) in [7, 11) is 0. The number of H-pyrrole nitrogens is 1. The average molecular weight is 288 g/mol. The van der Waals surface area contributed by atoms with Gasteiger partial charge in [-0.15, -0.1) is 0 Å². The zero-order chi connectivity index (χ0) is 13.3. The Bertz CT molecular complexity index is 546. The highest BCUT2D eigenvalue weighted by molar-refractivity contribution is 6.37. The van der Waals surface area contributed by atoms with E-state index in [4.69, 9.17) is 23.2 Å². The lowest BCUT2D eigenvalue weighted by Crippen LogP contribution is -2.00. The number of aromatic amines is 1. The number of nitrogens with one attached hydrogen (secondary N) is 2. The molecule has 3 N–H and O–H groups in total. The van der Waals surface area contributed by atoms with Crippen LogP contribution in [-0.2, 0) is 0 Å². The smallest absolute Gasteiger partial charge is 0.205 e. The molecule has 2 heterocycles. The van der Waals surface area contributed by atoms with Gasteiger partial charge in [-0.3, -0.25) is 0 Å². The summed E-state index contributed by atoms with van der Waals surface area (Å²) in [6.07, 6.45) is 0.886. The third-order valence-electron chi connectivity index (χ3n) is 2.22. The highest BCUT2D eigenvalue weighted by Crippen LogP contribution is 2.29. The van der Waals surface area contributed by atoms with Gasteiger partial charge in [-0.05, 0) is 13.8 Å².